The molecule has 0 saturated carbocycles. The number of esters is 1. The van der Waals surface area contributed by atoms with Crippen LogP contribution in [0.5, 0.6) is 0 Å². The molecule has 16 heavy (non-hydrogen) atoms. The van der Waals surface area contributed by atoms with Crippen LogP contribution >= 0.6 is 0 Å². The van der Waals surface area contributed by atoms with Gasteiger partial charge in [0, 0.05) is 7.11 Å². The highest BCUT2D eigenvalue weighted by Gasteiger charge is 2.22. The van der Waals surface area contributed by atoms with E-state index in [2.05, 4.69) is 30.4 Å². The Labute approximate surface area is 96.6 Å². The van der Waals surface area contributed by atoms with Crippen LogP contribution < -0.4 is 0 Å². The number of hydrogen-bond donors (Lipinski definition) is 1. The third-order valence-electron chi connectivity index (χ3n) is 1.97. The van der Waals surface area contributed by atoms with Gasteiger partial charge in [-0.1, -0.05) is 27.7 Å². The number of methoxy groups -OCH3 is 1. The monoisotopic (exact) mass is 234 g/mol. The maximum absolute atomic E-state index is 11.2. The summed E-state index contributed by atoms with van der Waals surface area (Å²) in [5, 5.41) is 8.32. The first-order chi connectivity index (χ1) is 7.30. The molecule has 5 nitrogen and oxygen atoms in total. The van der Waals surface area contributed by atoms with Crippen molar-refractivity contribution in [3.05, 3.63) is 0 Å². The summed E-state index contributed by atoms with van der Waals surface area (Å²) in [5.41, 5.74) is 0.194. The van der Waals surface area contributed by atoms with Gasteiger partial charge in [0.05, 0.1) is 6.61 Å². The van der Waals surface area contributed by atoms with Crippen LogP contribution in [0.4, 0.5) is 0 Å². The highest BCUT2D eigenvalue weighted by atomic mass is 17.1. The van der Waals surface area contributed by atoms with Crippen molar-refractivity contribution in [2.45, 2.75) is 40.4 Å². The molecule has 0 aromatic carbocycles. The second-order valence-corrected chi connectivity index (χ2v) is 5.17. The molecule has 0 amide bonds. The number of carbonyl (C=O) groups is 1. The lowest BCUT2D eigenvalue weighted by Gasteiger charge is -2.23. The molecule has 0 aliphatic rings. The van der Waals surface area contributed by atoms with E-state index < -0.39 is 12.3 Å². The van der Waals surface area contributed by atoms with Gasteiger partial charge in [0.25, 0.3) is 6.29 Å². The maximum Gasteiger partial charge on any atom is 0.366 e. The summed E-state index contributed by atoms with van der Waals surface area (Å²) in [5.74, 6) is -0.467. The van der Waals surface area contributed by atoms with Crippen molar-refractivity contribution in [1.29, 1.82) is 0 Å². The van der Waals surface area contributed by atoms with Crippen molar-refractivity contribution >= 4 is 5.97 Å². The quantitative estimate of drug-likeness (QED) is 0.330. The van der Waals surface area contributed by atoms with Crippen LogP contribution in [0.1, 0.15) is 34.1 Å². The fraction of sp³-hybridized carbons (Fsp3) is 0.909. The van der Waals surface area contributed by atoms with Gasteiger partial charge >= 0.3 is 5.97 Å². The molecule has 0 aliphatic carbocycles. The Morgan fingerprint density at radius 2 is 1.94 bits per heavy atom. The zero-order valence-electron chi connectivity index (χ0n) is 10.6. The van der Waals surface area contributed by atoms with Gasteiger partial charge in [-0.25, -0.2) is 10.1 Å². The third kappa shape index (κ3) is 6.76. The van der Waals surface area contributed by atoms with E-state index in [9.17, 15) is 4.79 Å². The Bertz CT molecular complexity index is 205. The van der Waals surface area contributed by atoms with Gasteiger partial charge in [-0.15, -0.1) is 0 Å². The fourth-order valence-corrected chi connectivity index (χ4v) is 1.58. The van der Waals surface area contributed by atoms with E-state index in [0.29, 0.717) is 6.61 Å². The highest BCUT2D eigenvalue weighted by molar-refractivity contribution is 5.73. The Hall–Kier alpha value is -0.650. The molecule has 0 heterocycles. The topological polar surface area (TPSA) is 65.0 Å². The molecule has 0 aromatic heterocycles. The molecule has 5 heteroatoms. The van der Waals surface area contributed by atoms with E-state index >= 15 is 0 Å². The molecule has 0 bridgehead atoms. The van der Waals surface area contributed by atoms with Gasteiger partial charge in [-0.2, -0.15) is 4.89 Å². The predicted octanol–water partition coefficient (Wildman–Crippen LogP) is 2.06. The first-order valence-electron chi connectivity index (χ1n) is 5.30. The molecule has 2 unspecified atom stereocenters. The van der Waals surface area contributed by atoms with E-state index in [1.165, 1.54) is 7.11 Å². The summed E-state index contributed by atoms with van der Waals surface area (Å²) in [4.78, 5) is 15.0. The van der Waals surface area contributed by atoms with E-state index in [0.717, 1.165) is 6.42 Å². The lowest BCUT2D eigenvalue weighted by molar-refractivity contribution is -0.333. The molecule has 0 rings (SSSR count). The molecule has 0 aliphatic heterocycles. The van der Waals surface area contributed by atoms with Crippen LogP contribution in [0.2, 0.25) is 0 Å². The van der Waals surface area contributed by atoms with Gasteiger partial charge in [-0.05, 0) is 17.8 Å². The van der Waals surface area contributed by atoms with Crippen molar-refractivity contribution in [3.8, 4) is 0 Å². The Kier molecular flexibility index (Phi) is 6.55. The molecular formula is C11H22O5. The average molecular weight is 234 g/mol. The van der Waals surface area contributed by atoms with Crippen LogP contribution in [-0.2, 0) is 19.2 Å². The molecule has 0 aromatic rings. The standard InChI is InChI=1S/C11H22O5/c1-8(6-11(2,3)4)7-15-9(12)10(14-5)16-13/h8,10,13H,6-7H2,1-5H3. The van der Waals surface area contributed by atoms with Gasteiger partial charge in [-0.3, -0.25) is 0 Å². The summed E-state index contributed by atoms with van der Waals surface area (Å²) in [7, 11) is 1.25. The minimum absolute atomic E-state index is 0.194. The smallest absolute Gasteiger partial charge is 0.366 e. The molecule has 1 N–H and O–H groups in total. The number of rotatable bonds is 6. The van der Waals surface area contributed by atoms with Crippen molar-refractivity contribution in [2.75, 3.05) is 13.7 Å². The Morgan fingerprint density at radius 1 is 1.38 bits per heavy atom. The van der Waals surface area contributed by atoms with Crippen LogP contribution in [-0.4, -0.2) is 31.2 Å². The summed E-state index contributed by atoms with van der Waals surface area (Å²) in [6.45, 7) is 8.67. The lowest BCUT2D eigenvalue weighted by atomic mass is 9.86. The molecule has 0 saturated heterocycles. The zero-order valence-corrected chi connectivity index (χ0v) is 10.6. The summed E-state index contributed by atoms with van der Waals surface area (Å²) < 4.78 is 9.49. The maximum atomic E-state index is 11.2. The van der Waals surface area contributed by atoms with Gasteiger partial charge in [0.2, 0.25) is 0 Å². The average Bonchev–Trinajstić information content (AvgIpc) is 2.14. The van der Waals surface area contributed by atoms with Crippen molar-refractivity contribution in [3.63, 3.8) is 0 Å². The Morgan fingerprint density at radius 3 is 2.31 bits per heavy atom. The number of carbonyl (C=O) groups excluding carboxylic acids is 1. The fourth-order valence-electron chi connectivity index (χ4n) is 1.58. The van der Waals surface area contributed by atoms with Gasteiger partial charge in [0.1, 0.15) is 0 Å². The SMILES string of the molecule is COC(OO)C(=O)OCC(C)CC(C)(C)C. The predicted molar refractivity (Wildman–Crippen MR) is 58.7 cm³/mol. The minimum atomic E-state index is -1.36. The second-order valence-electron chi connectivity index (χ2n) is 5.17. The molecule has 0 spiro atoms. The second kappa shape index (κ2) is 6.83. The number of ether oxygens (including phenoxy) is 2. The Balaban J connectivity index is 3.92. The van der Waals surface area contributed by atoms with Gasteiger partial charge < -0.3 is 9.47 Å². The van der Waals surface area contributed by atoms with Crippen LogP contribution in [0, 0.1) is 11.3 Å². The zero-order chi connectivity index (χ0) is 12.8. The van der Waals surface area contributed by atoms with Crippen LogP contribution in [0.25, 0.3) is 0 Å². The molecule has 96 valence electrons. The van der Waals surface area contributed by atoms with E-state index in [-0.39, 0.29) is 11.3 Å². The van der Waals surface area contributed by atoms with Crippen LogP contribution in [0.15, 0.2) is 0 Å². The van der Waals surface area contributed by atoms with E-state index in [1.807, 2.05) is 6.92 Å². The normalized spacial score (nSPS) is 15.6. The summed E-state index contributed by atoms with van der Waals surface area (Å²) in [6.07, 6.45) is -0.417. The third-order valence-corrected chi connectivity index (χ3v) is 1.97. The van der Waals surface area contributed by atoms with E-state index in [1.54, 1.807) is 0 Å². The van der Waals surface area contributed by atoms with Crippen molar-refractivity contribution in [1.82, 2.24) is 0 Å². The first-order valence-corrected chi connectivity index (χ1v) is 5.30. The molecular weight excluding hydrogens is 212 g/mol. The van der Waals surface area contributed by atoms with Crippen molar-refractivity contribution in [2.24, 2.45) is 11.3 Å². The number of hydrogen-bond acceptors (Lipinski definition) is 5. The van der Waals surface area contributed by atoms with Crippen molar-refractivity contribution < 1.29 is 24.4 Å². The molecule has 0 radical (unpaired) electrons. The first kappa shape index (κ1) is 15.3. The molecule has 2 atom stereocenters. The lowest BCUT2D eigenvalue weighted by Crippen LogP contribution is -2.29. The molecule has 0 fully saturated rings. The highest BCUT2D eigenvalue weighted by Crippen LogP contribution is 2.24. The van der Waals surface area contributed by atoms with E-state index in [4.69, 9.17) is 9.99 Å². The summed E-state index contributed by atoms with van der Waals surface area (Å²) >= 11 is 0. The largest absolute Gasteiger partial charge is 0.462 e. The minimum Gasteiger partial charge on any atom is -0.462 e. The summed E-state index contributed by atoms with van der Waals surface area (Å²) in [6, 6.07) is 0. The van der Waals surface area contributed by atoms with Crippen LogP contribution in [0.3, 0.4) is 0 Å². The van der Waals surface area contributed by atoms with Gasteiger partial charge in [0.15, 0.2) is 0 Å².